The van der Waals surface area contributed by atoms with E-state index in [4.69, 9.17) is 16.3 Å². The van der Waals surface area contributed by atoms with E-state index in [-0.39, 0.29) is 22.9 Å². The van der Waals surface area contributed by atoms with Crippen LogP contribution in [0.15, 0.2) is 47.4 Å². The van der Waals surface area contributed by atoms with Crippen molar-refractivity contribution in [3.8, 4) is 5.75 Å². The molecule has 2 amide bonds. The molecule has 3 rings (SSSR count). The molecule has 0 atom stereocenters. The van der Waals surface area contributed by atoms with Gasteiger partial charge in [-0.25, -0.2) is 0 Å². The van der Waals surface area contributed by atoms with Gasteiger partial charge in [0.25, 0.3) is 11.1 Å². The maximum absolute atomic E-state index is 12.6. The minimum atomic E-state index is -0.567. The Bertz CT molecular complexity index is 959. The van der Waals surface area contributed by atoms with Crippen LogP contribution < -0.4 is 4.74 Å². The Kier molecular flexibility index (Phi) is 5.48. The molecule has 0 bridgehead atoms. The maximum Gasteiger partial charge on any atom is 0.311 e. The number of hydrogen-bond donors (Lipinski definition) is 0. The lowest BCUT2D eigenvalue weighted by atomic mass is 10.1. The third kappa shape index (κ3) is 4.12. The van der Waals surface area contributed by atoms with Crippen LogP contribution in [0.1, 0.15) is 11.1 Å². The molecule has 0 saturated carbocycles. The standard InChI is InChI=1S/C18H13ClN2O5S/c1-26-15-7-4-12(8-14(15)21(24)25)9-16-17(22)20(18(23)27-16)10-11-2-5-13(19)6-3-11/h2-9H,10H2,1H3/b16-9-. The summed E-state index contributed by atoms with van der Waals surface area (Å²) in [4.78, 5) is 36.7. The molecular weight excluding hydrogens is 392 g/mol. The van der Waals surface area contributed by atoms with Gasteiger partial charge in [0.05, 0.1) is 23.5 Å². The maximum atomic E-state index is 12.6. The average Bonchev–Trinajstić information content (AvgIpc) is 2.90. The van der Waals surface area contributed by atoms with Crippen LogP contribution in [-0.4, -0.2) is 28.1 Å². The van der Waals surface area contributed by atoms with E-state index in [9.17, 15) is 19.7 Å². The van der Waals surface area contributed by atoms with Crippen LogP contribution in [0.3, 0.4) is 0 Å². The number of amides is 2. The van der Waals surface area contributed by atoms with Crippen molar-refractivity contribution in [2.75, 3.05) is 7.11 Å². The zero-order valence-corrected chi connectivity index (χ0v) is 15.6. The zero-order valence-electron chi connectivity index (χ0n) is 14.0. The second-order valence-corrected chi connectivity index (χ2v) is 7.01. The van der Waals surface area contributed by atoms with E-state index in [1.54, 1.807) is 30.3 Å². The van der Waals surface area contributed by atoms with Gasteiger partial charge in [-0.05, 0) is 47.2 Å². The summed E-state index contributed by atoms with van der Waals surface area (Å²) >= 11 is 6.63. The topological polar surface area (TPSA) is 89.8 Å². The molecule has 0 radical (unpaired) electrons. The Hall–Kier alpha value is -2.84. The minimum Gasteiger partial charge on any atom is -0.490 e. The first-order chi connectivity index (χ1) is 12.9. The SMILES string of the molecule is COc1ccc(/C=C2\SC(=O)N(Cc3ccc(Cl)cc3)C2=O)cc1[N+](=O)[O-]. The van der Waals surface area contributed by atoms with Crippen molar-refractivity contribution < 1.29 is 19.2 Å². The highest BCUT2D eigenvalue weighted by Crippen LogP contribution is 2.35. The fourth-order valence-corrected chi connectivity index (χ4v) is 3.46. The lowest BCUT2D eigenvalue weighted by molar-refractivity contribution is -0.385. The minimum absolute atomic E-state index is 0.119. The van der Waals surface area contributed by atoms with E-state index in [1.165, 1.54) is 25.3 Å². The van der Waals surface area contributed by atoms with Gasteiger partial charge in [0.1, 0.15) is 0 Å². The average molecular weight is 405 g/mol. The molecule has 0 aliphatic carbocycles. The fourth-order valence-electron chi connectivity index (χ4n) is 2.50. The van der Waals surface area contributed by atoms with Crippen molar-refractivity contribution in [1.82, 2.24) is 4.90 Å². The molecule has 27 heavy (non-hydrogen) atoms. The molecule has 0 spiro atoms. The van der Waals surface area contributed by atoms with Crippen molar-refractivity contribution in [2.24, 2.45) is 0 Å². The van der Waals surface area contributed by atoms with Crippen LogP contribution in [0.25, 0.3) is 6.08 Å². The molecular formula is C18H13ClN2O5S. The molecule has 2 aromatic rings. The number of ether oxygens (including phenoxy) is 1. The van der Waals surface area contributed by atoms with Crippen LogP contribution >= 0.6 is 23.4 Å². The summed E-state index contributed by atoms with van der Waals surface area (Å²) in [6, 6.07) is 11.2. The Morgan fingerprint density at radius 2 is 1.93 bits per heavy atom. The summed E-state index contributed by atoms with van der Waals surface area (Å²) in [5.74, 6) is -0.327. The van der Waals surface area contributed by atoms with Crippen molar-refractivity contribution >= 4 is 46.3 Å². The molecule has 1 aliphatic heterocycles. The molecule has 0 N–H and O–H groups in total. The number of methoxy groups -OCH3 is 1. The third-order valence-electron chi connectivity index (χ3n) is 3.82. The second-order valence-electron chi connectivity index (χ2n) is 5.58. The number of nitro groups is 1. The van der Waals surface area contributed by atoms with Gasteiger partial charge in [-0.1, -0.05) is 29.8 Å². The first kappa shape index (κ1) is 18.9. The number of rotatable bonds is 5. The monoisotopic (exact) mass is 404 g/mol. The molecule has 2 aromatic carbocycles. The molecule has 1 aliphatic rings. The number of hydrogen-bond acceptors (Lipinski definition) is 6. The van der Waals surface area contributed by atoms with E-state index < -0.39 is 16.1 Å². The van der Waals surface area contributed by atoms with Gasteiger partial charge in [0.2, 0.25) is 0 Å². The molecule has 9 heteroatoms. The van der Waals surface area contributed by atoms with Crippen molar-refractivity contribution in [3.63, 3.8) is 0 Å². The molecule has 0 unspecified atom stereocenters. The van der Waals surface area contributed by atoms with Crippen LogP contribution in [0.5, 0.6) is 5.75 Å². The smallest absolute Gasteiger partial charge is 0.311 e. The number of nitro benzene ring substituents is 1. The number of benzene rings is 2. The van der Waals surface area contributed by atoms with E-state index in [1.807, 2.05) is 0 Å². The third-order valence-corrected chi connectivity index (χ3v) is 4.98. The zero-order chi connectivity index (χ0) is 19.6. The molecule has 138 valence electrons. The summed E-state index contributed by atoms with van der Waals surface area (Å²) < 4.78 is 4.96. The normalized spacial score (nSPS) is 15.5. The van der Waals surface area contributed by atoms with Gasteiger partial charge in [-0.3, -0.25) is 24.6 Å². The largest absolute Gasteiger partial charge is 0.490 e. The van der Waals surface area contributed by atoms with Crippen LogP contribution in [0.2, 0.25) is 5.02 Å². The predicted octanol–water partition coefficient (Wildman–Crippen LogP) is 4.49. The Balaban J connectivity index is 1.84. The van der Waals surface area contributed by atoms with Gasteiger partial charge >= 0.3 is 5.69 Å². The van der Waals surface area contributed by atoms with E-state index in [0.29, 0.717) is 10.6 Å². The number of imide groups is 1. The number of carbonyl (C=O) groups is 2. The number of thioether (sulfide) groups is 1. The van der Waals surface area contributed by atoms with Crippen LogP contribution in [0, 0.1) is 10.1 Å². The summed E-state index contributed by atoms with van der Waals surface area (Å²) in [6.45, 7) is 0.127. The van der Waals surface area contributed by atoms with Gasteiger partial charge in [0.15, 0.2) is 5.75 Å². The highest BCUT2D eigenvalue weighted by atomic mass is 35.5. The number of halogens is 1. The van der Waals surface area contributed by atoms with Gasteiger partial charge in [-0.15, -0.1) is 0 Å². The predicted molar refractivity (Wildman–Crippen MR) is 103 cm³/mol. The van der Waals surface area contributed by atoms with E-state index >= 15 is 0 Å². The lowest BCUT2D eigenvalue weighted by Gasteiger charge is -2.12. The Morgan fingerprint density at radius 3 is 2.56 bits per heavy atom. The fraction of sp³-hybridized carbons (Fsp3) is 0.111. The quantitative estimate of drug-likeness (QED) is 0.414. The molecule has 1 heterocycles. The van der Waals surface area contributed by atoms with Gasteiger partial charge in [0, 0.05) is 11.1 Å². The summed E-state index contributed by atoms with van der Waals surface area (Å²) in [6.07, 6.45) is 1.46. The van der Waals surface area contributed by atoms with Crippen LogP contribution in [0.4, 0.5) is 10.5 Å². The van der Waals surface area contributed by atoms with Crippen LogP contribution in [-0.2, 0) is 11.3 Å². The lowest BCUT2D eigenvalue weighted by Crippen LogP contribution is -2.27. The van der Waals surface area contributed by atoms with Crippen molar-refractivity contribution in [3.05, 3.63) is 73.6 Å². The molecule has 1 saturated heterocycles. The number of carbonyl (C=O) groups excluding carboxylic acids is 2. The number of nitrogens with zero attached hydrogens (tertiary/aromatic N) is 2. The summed E-state index contributed by atoms with van der Waals surface area (Å²) in [5, 5.41) is 11.3. The first-order valence-electron chi connectivity index (χ1n) is 7.71. The molecule has 0 aromatic heterocycles. The van der Waals surface area contributed by atoms with E-state index in [2.05, 4.69) is 0 Å². The highest BCUT2D eigenvalue weighted by Gasteiger charge is 2.35. The molecule has 7 nitrogen and oxygen atoms in total. The molecule has 1 fully saturated rings. The van der Waals surface area contributed by atoms with Gasteiger partial charge < -0.3 is 4.74 Å². The van der Waals surface area contributed by atoms with Gasteiger partial charge in [-0.2, -0.15) is 0 Å². The van der Waals surface area contributed by atoms with E-state index in [0.717, 1.165) is 22.2 Å². The second kappa shape index (κ2) is 7.81. The van der Waals surface area contributed by atoms with Crippen molar-refractivity contribution in [2.45, 2.75) is 6.54 Å². The van der Waals surface area contributed by atoms with Crippen molar-refractivity contribution in [1.29, 1.82) is 0 Å². The Morgan fingerprint density at radius 1 is 1.22 bits per heavy atom. The highest BCUT2D eigenvalue weighted by molar-refractivity contribution is 8.18. The Labute approximate surface area is 163 Å². The first-order valence-corrected chi connectivity index (χ1v) is 8.90. The summed E-state index contributed by atoms with van der Waals surface area (Å²) in [5.41, 5.74) is 0.981. The summed E-state index contributed by atoms with van der Waals surface area (Å²) in [7, 11) is 1.34.